The number of nitrogens with one attached hydrogen (secondary N) is 1. The van der Waals surface area contributed by atoms with Crippen molar-refractivity contribution in [1.82, 2.24) is 15.2 Å². The van der Waals surface area contributed by atoms with Gasteiger partial charge in [0, 0.05) is 37.5 Å². The predicted molar refractivity (Wildman–Crippen MR) is 111 cm³/mol. The number of thiazole rings is 1. The van der Waals surface area contributed by atoms with Crippen molar-refractivity contribution in [2.75, 3.05) is 26.2 Å². The Bertz CT molecular complexity index is 525. The van der Waals surface area contributed by atoms with E-state index in [9.17, 15) is 5.11 Å². The molecule has 0 aromatic carbocycles. The molecule has 7 heteroatoms. The van der Waals surface area contributed by atoms with E-state index in [2.05, 4.69) is 17.1 Å². The number of hydrogen-bond acceptors (Lipinski definition) is 4. The molecule has 1 aliphatic carbocycles. The second-order valence-corrected chi connectivity index (χ2v) is 7.58. The molecule has 1 fully saturated rings. The number of β-amino-alcohol motifs (C(OH)–C–C–N with tert-alkyl or cyclic N) is 1. The Balaban J connectivity index is 0.00000208. The fraction of sp³-hybridized carbons (Fsp3) is 0.765. The van der Waals surface area contributed by atoms with E-state index < -0.39 is 0 Å². The summed E-state index contributed by atoms with van der Waals surface area (Å²) in [6.45, 7) is 5.36. The second-order valence-electron chi connectivity index (χ2n) is 6.41. The number of fused-ring (bicyclic) bond motifs is 1. The molecule has 1 aromatic rings. The number of hydrogen-bond donors (Lipinski definition) is 2. The zero-order valence-corrected chi connectivity index (χ0v) is 17.6. The van der Waals surface area contributed by atoms with Gasteiger partial charge in [-0.3, -0.25) is 4.99 Å². The van der Waals surface area contributed by atoms with Crippen LogP contribution in [0.1, 0.15) is 48.2 Å². The number of aromatic nitrogens is 1. The van der Waals surface area contributed by atoms with Crippen molar-refractivity contribution in [2.45, 2.75) is 58.0 Å². The van der Waals surface area contributed by atoms with E-state index in [4.69, 9.17) is 9.98 Å². The lowest BCUT2D eigenvalue weighted by molar-refractivity contribution is 0.188. The molecular formula is C17H29IN4OS. The van der Waals surface area contributed by atoms with Crippen molar-refractivity contribution in [3.8, 4) is 0 Å². The first kappa shape index (κ1) is 19.9. The molecular weight excluding hydrogens is 435 g/mol. The smallest absolute Gasteiger partial charge is 0.194 e. The van der Waals surface area contributed by atoms with Gasteiger partial charge in [-0.25, -0.2) is 4.98 Å². The number of rotatable bonds is 5. The van der Waals surface area contributed by atoms with E-state index in [0.717, 1.165) is 44.9 Å². The van der Waals surface area contributed by atoms with Gasteiger partial charge in [0.15, 0.2) is 5.96 Å². The Kier molecular flexibility index (Phi) is 8.22. The van der Waals surface area contributed by atoms with Crippen molar-refractivity contribution in [2.24, 2.45) is 4.99 Å². The number of aliphatic hydroxyl groups is 1. The molecule has 1 aromatic heterocycles. The third-order valence-corrected chi connectivity index (χ3v) is 5.72. The summed E-state index contributed by atoms with van der Waals surface area (Å²) in [5.74, 6) is 0.947. The summed E-state index contributed by atoms with van der Waals surface area (Å²) in [4.78, 5) is 13.2. The standard InChI is InChI=1S/C17H28N4OS.HI/c1-2-18-17(21-11-9-13(22)12-21)19-10-5-8-16-20-14-6-3-4-7-15(14)23-16;/h13,22H,2-12H2,1H3,(H,18,19);1H/t13-;/m1./s1. The predicted octanol–water partition coefficient (Wildman–Crippen LogP) is 2.60. The molecule has 0 amide bonds. The van der Waals surface area contributed by atoms with Crippen LogP contribution < -0.4 is 5.32 Å². The zero-order chi connectivity index (χ0) is 16.1. The number of aryl methyl sites for hydroxylation is 3. The van der Waals surface area contributed by atoms with Crippen LogP contribution in [0.15, 0.2) is 4.99 Å². The molecule has 0 spiro atoms. The average molecular weight is 464 g/mol. The largest absolute Gasteiger partial charge is 0.391 e. The van der Waals surface area contributed by atoms with Crippen LogP contribution in [-0.4, -0.2) is 53.2 Å². The molecule has 5 nitrogen and oxygen atoms in total. The van der Waals surface area contributed by atoms with Gasteiger partial charge in [-0.2, -0.15) is 0 Å². The highest BCUT2D eigenvalue weighted by Gasteiger charge is 2.22. The van der Waals surface area contributed by atoms with Gasteiger partial charge in [0.2, 0.25) is 0 Å². The van der Waals surface area contributed by atoms with E-state index in [-0.39, 0.29) is 30.1 Å². The van der Waals surface area contributed by atoms with Crippen molar-refractivity contribution in [3.63, 3.8) is 0 Å². The Morgan fingerprint density at radius 2 is 2.25 bits per heavy atom. The molecule has 24 heavy (non-hydrogen) atoms. The van der Waals surface area contributed by atoms with E-state index in [0.29, 0.717) is 6.54 Å². The third-order valence-electron chi connectivity index (χ3n) is 4.50. The lowest BCUT2D eigenvalue weighted by Crippen LogP contribution is -2.40. The summed E-state index contributed by atoms with van der Waals surface area (Å²) in [6.07, 6.45) is 7.73. The minimum Gasteiger partial charge on any atom is -0.391 e. The molecule has 0 saturated carbocycles. The first-order valence-electron chi connectivity index (χ1n) is 8.95. The molecule has 0 bridgehead atoms. The Morgan fingerprint density at radius 1 is 1.42 bits per heavy atom. The monoisotopic (exact) mass is 464 g/mol. The third kappa shape index (κ3) is 5.29. The normalized spacial score (nSPS) is 20.7. The SMILES string of the molecule is CCNC(=NCCCc1nc2c(s1)CCCC2)N1CC[C@@H](O)C1.I. The van der Waals surface area contributed by atoms with Gasteiger partial charge in [0.25, 0.3) is 0 Å². The molecule has 3 rings (SSSR count). The van der Waals surface area contributed by atoms with Crippen molar-refractivity contribution in [1.29, 1.82) is 0 Å². The summed E-state index contributed by atoms with van der Waals surface area (Å²) in [5.41, 5.74) is 1.36. The van der Waals surface area contributed by atoms with E-state index in [1.54, 1.807) is 0 Å². The van der Waals surface area contributed by atoms with Crippen LogP contribution in [0.4, 0.5) is 0 Å². The number of aliphatic imine (C=N–C) groups is 1. The number of halogens is 1. The van der Waals surface area contributed by atoms with E-state index in [1.807, 2.05) is 11.3 Å². The van der Waals surface area contributed by atoms with Gasteiger partial charge >= 0.3 is 0 Å². The first-order valence-corrected chi connectivity index (χ1v) is 9.76. The molecule has 0 radical (unpaired) electrons. The fourth-order valence-electron chi connectivity index (χ4n) is 3.29. The van der Waals surface area contributed by atoms with Crippen molar-refractivity contribution in [3.05, 3.63) is 15.6 Å². The Labute approximate surface area is 166 Å². The van der Waals surface area contributed by atoms with Crippen molar-refractivity contribution >= 4 is 41.3 Å². The van der Waals surface area contributed by atoms with Crippen LogP contribution >= 0.6 is 35.3 Å². The van der Waals surface area contributed by atoms with Crippen LogP contribution in [0, 0.1) is 0 Å². The zero-order valence-electron chi connectivity index (χ0n) is 14.5. The van der Waals surface area contributed by atoms with E-state index >= 15 is 0 Å². The Hall–Kier alpha value is -0.410. The number of likely N-dealkylation sites (tertiary alicyclic amines) is 1. The summed E-state index contributed by atoms with van der Waals surface area (Å²) < 4.78 is 0. The van der Waals surface area contributed by atoms with Gasteiger partial charge in [0.05, 0.1) is 16.8 Å². The van der Waals surface area contributed by atoms with Crippen LogP contribution in [0.2, 0.25) is 0 Å². The van der Waals surface area contributed by atoms with Crippen molar-refractivity contribution < 1.29 is 5.11 Å². The fourth-order valence-corrected chi connectivity index (χ4v) is 4.49. The minimum absolute atomic E-state index is 0. The number of guanidine groups is 1. The van der Waals surface area contributed by atoms with Crippen LogP contribution in [-0.2, 0) is 19.3 Å². The highest BCUT2D eigenvalue weighted by Crippen LogP contribution is 2.27. The van der Waals surface area contributed by atoms with Gasteiger partial charge in [-0.15, -0.1) is 35.3 Å². The molecule has 2 aliphatic rings. The molecule has 1 saturated heterocycles. The quantitative estimate of drug-likeness (QED) is 0.305. The molecule has 0 unspecified atom stereocenters. The van der Waals surface area contributed by atoms with Crippen LogP contribution in [0.3, 0.4) is 0 Å². The second kappa shape index (κ2) is 9.91. The highest BCUT2D eigenvalue weighted by atomic mass is 127. The van der Waals surface area contributed by atoms with Gasteiger partial charge in [0.1, 0.15) is 0 Å². The lowest BCUT2D eigenvalue weighted by Gasteiger charge is -2.20. The maximum Gasteiger partial charge on any atom is 0.194 e. The van der Waals surface area contributed by atoms with Gasteiger partial charge in [-0.05, 0) is 45.4 Å². The topological polar surface area (TPSA) is 60.8 Å². The Morgan fingerprint density at radius 3 is 2.96 bits per heavy atom. The number of nitrogens with zero attached hydrogens (tertiary/aromatic N) is 3. The minimum atomic E-state index is -0.208. The summed E-state index contributed by atoms with van der Waals surface area (Å²) >= 11 is 1.91. The van der Waals surface area contributed by atoms with E-state index in [1.165, 1.54) is 41.3 Å². The molecule has 2 N–H and O–H groups in total. The first-order chi connectivity index (χ1) is 11.3. The molecule has 1 aliphatic heterocycles. The maximum absolute atomic E-state index is 9.69. The summed E-state index contributed by atoms with van der Waals surface area (Å²) in [5, 5.41) is 14.3. The van der Waals surface area contributed by atoms with Gasteiger partial charge < -0.3 is 15.3 Å². The molecule has 1 atom stereocenters. The summed E-state index contributed by atoms with van der Waals surface area (Å²) in [7, 11) is 0. The summed E-state index contributed by atoms with van der Waals surface area (Å²) in [6, 6.07) is 0. The highest BCUT2D eigenvalue weighted by molar-refractivity contribution is 14.0. The lowest BCUT2D eigenvalue weighted by atomic mass is 10.0. The van der Waals surface area contributed by atoms with Crippen LogP contribution in [0.5, 0.6) is 0 Å². The van der Waals surface area contributed by atoms with Gasteiger partial charge in [-0.1, -0.05) is 0 Å². The molecule has 2 heterocycles. The maximum atomic E-state index is 9.69. The average Bonchev–Trinajstić information content (AvgIpc) is 3.16. The number of aliphatic hydroxyl groups excluding tert-OH is 1. The van der Waals surface area contributed by atoms with Crippen LogP contribution in [0.25, 0.3) is 0 Å². The molecule has 136 valence electrons.